The largest absolute Gasteiger partial charge is 0.341 e. The number of nitrogens with zero attached hydrogens (tertiary/aromatic N) is 3. The van der Waals surface area contributed by atoms with E-state index in [1.54, 1.807) is 20.0 Å². The van der Waals surface area contributed by atoms with Crippen LogP contribution in [0.3, 0.4) is 0 Å². The quantitative estimate of drug-likeness (QED) is 0.891. The molecule has 0 bridgehead atoms. The molecule has 2 rings (SSSR count). The van der Waals surface area contributed by atoms with E-state index >= 15 is 0 Å². The molecular formula is C14H22N4O2. The van der Waals surface area contributed by atoms with Crippen LogP contribution in [0.4, 0.5) is 0 Å². The number of likely N-dealkylation sites (tertiary alicyclic amines) is 1. The van der Waals surface area contributed by atoms with Gasteiger partial charge < -0.3 is 10.2 Å². The second-order valence-electron chi connectivity index (χ2n) is 5.38. The van der Waals surface area contributed by atoms with Crippen molar-refractivity contribution in [2.24, 2.45) is 7.05 Å². The van der Waals surface area contributed by atoms with Crippen LogP contribution in [0.2, 0.25) is 0 Å². The predicted octanol–water partition coefficient (Wildman–Crippen LogP) is 0.859. The van der Waals surface area contributed by atoms with Crippen molar-refractivity contribution in [1.29, 1.82) is 0 Å². The molecule has 1 aromatic heterocycles. The molecule has 1 aliphatic heterocycles. The lowest BCUT2D eigenvalue weighted by Crippen LogP contribution is -2.48. The van der Waals surface area contributed by atoms with Crippen LogP contribution in [0.25, 0.3) is 0 Å². The molecule has 1 saturated heterocycles. The van der Waals surface area contributed by atoms with Gasteiger partial charge in [0.1, 0.15) is 11.7 Å². The van der Waals surface area contributed by atoms with Gasteiger partial charge in [-0.25, -0.2) is 0 Å². The Hall–Kier alpha value is -1.85. The van der Waals surface area contributed by atoms with E-state index in [1.807, 2.05) is 11.8 Å². The van der Waals surface area contributed by atoms with Crippen molar-refractivity contribution in [3.63, 3.8) is 0 Å². The third-order valence-corrected chi connectivity index (χ3v) is 3.62. The Morgan fingerprint density at radius 2 is 1.95 bits per heavy atom. The van der Waals surface area contributed by atoms with Gasteiger partial charge in [0, 0.05) is 20.1 Å². The standard InChI is InChI=1S/C14H22N4O2/c1-10-9-12(17(3)16-10)13(19)15-11(2)14(20)18-7-5-4-6-8-18/h9,11H,4-8H2,1-3H3,(H,15,19). The molecule has 0 saturated carbocycles. The molecule has 0 spiro atoms. The molecular weight excluding hydrogens is 256 g/mol. The zero-order valence-electron chi connectivity index (χ0n) is 12.3. The van der Waals surface area contributed by atoms with Gasteiger partial charge in [0.2, 0.25) is 5.91 Å². The van der Waals surface area contributed by atoms with Crippen LogP contribution in [-0.4, -0.2) is 45.6 Å². The molecule has 0 radical (unpaired) electrons. The summed E-state index contributed by atoms with van der Waals surface area (Å²) in [5.74, 6) is -0.261. The highest BCUT2D eigenvalue weighted by molar-refractivity contribution is 5.96. The molecule has 6 nitrogen and oxygen atoms in total. The van der Waals surface area contributed by atoms with Gasteiger partial charge in [0.05, 0.1) is 5.69 Å². The predicted molar refractivity (Wildman–Crippen MR) is 75.3 cm³/mol. The number of amides is 2. The summed E-state index contributed by atoms with van der Waals surface area (Å²) in [5.41, 5.74) is 1.26. The molecule has 1 N–H and O–H groups in total. The summed E-state index contributed by atoms with van der Waals surface area (Å²) in [6.07, 6.45) is 3.28. The normalized spacial score (nSPS) is 16.9. The Bertz CT molecular complexity index is 503. The number of carbonyl (C=O) groups is 2. The van der Waals surface area contributed by atoms with Crippen molar-refractivity contribution in [2.45, 2.75) is 39.2 Å². The number of nitrogens with one attached hydrogen (secondary N) is 1. The van der Waals surface area contributed by atoms with Crippen LogP contribution in [0.15, 0.2) is 6.07 Å². The van der Waals surface area contributed by atoms with Crippen molar-refractivity contribution in [3.8, 4) is 0 Å². The molecule has 1 aliphatic rings. The summed E-state index contributed by atoms with van der Waals surface area (Å²) in [6.45, 7) is 5.16. The molecule has 2 amide bonds. The summed E-state index contributed by atoms with van der Waals surface area (Å²) in [7, 11) is 1.72. The Morgan fingerprint density at radius 1 is 1.30 bits per heavy atom. The summed E-state index contributed by atoms with van der Waals surface area (Å²) in [4.78, 5) is 26.2. The van der Waals surface area contributed by atoms with Gasteiger partial charge in [-0.2, -0.15) is 5.10 Å². The number of aryl methyl sites for hydroxylation is 2. The Kier molecular flexibility index (Phi) is 4.42. The van der Waals surface area contributed by atoms with E-state index in [0.29, 0.717) is 5.69 Å². The van der Waals surface area contributed by atoms with Crippen molar-refractivity contribution in [2.75, 3.05) is 13.1 Å². The van der Waals surface area contributed by atoms with Crippen LogP contribution >= 0.6 is 0 Å². The van der Waals surface area contributed by atoms with Gasteiger partial charge in [0.15, 0.2) is 0 Å². The van der Waals surface area contributed by atoms with Gasteiger partial charge in [-0.1, -0.05) is 0 Å². The van der Waals surface area contributed by atoms with Crippen molar-refractivity contribution in [1.82, 2.24) is 20.0 Å². The first kappa shape index (κ1) is 14.6. The van der Waals surface area contributed by atoms with E-state index < -0.39 is 6.04 Å². The molecule has 6 heteroatoms. The highest BCUT2D eigenvalue weighted by Crippen LogP contribution is 2.10. The summed E-state index contributed by atoms with van der Waals surface area (Å²) in [5, 5.41) is 6.89. The molecule has 1 unspecified atom stereocenters. The monoisotopic (exact) mass is 278 g/mol. The van der Waals surface area contributed by atoms with E-state index in [9.17, 15) is 9.59 Å². The molecule has 2 heterocycles. The summed E-state index contributed by atoms with van der Waals surface area (Å²) < 4.78 is 1.53. The van der Waals surface area contributed by atoms with Crippen LogP contribution < -0.4 is 5.32 Å². The lowest BCUT2D eigenvalue weighted by molar-refractivity contribution is -0.133. The second kappa shape index (κ2) is 6.07. The molecule has 1 aromatic rings. The van der Waals surface area contributed by atoms with Gasteiger partial charge in [-0.15, -0.1) is 0 Å². The van der Waals surface area contributed by atoms with Crippen LogP contribution in [0.1, 0.15) is 42.4 Å². The van der Waals surface area contributed by atoms with Crippen LogP contribution in [0.5, 0.6) is 0 Å². The van der Waals surface area contributed by atoms with E-state index in [2.05, 4.69) is 10.4 Å². The number of rotatable bonds is 3. The maximum absolute atomic E-state index is 12.2. The molecule has 0 aromatic carbocycles. The third kappa shape index (κ3) is 3.18. The average molecular weight is 278 g/mol. The number of piperidine rings is 1. The van der Waals surface area contributed by atoms with Crippen molar-refractivity contribution in [3.05, 3.63) is 17.5 Å². The van der Waals surface area contributed by atoms with Crippen molar-refractivity contribution >= 4 is 11.8 Å². The number of aromatic nitrogens is 2. The summed E-state index contributed by atoms with van der Waals surface area (Å²) >= 11 is 0. The number of hydrogen-bond acceptors (Lipinski definition) is 3. The van der Waals surface area contributed by atoms with Crippen LogP contribution in [-0.2, 0) is 11.8 Å². The Labute approximate surface area is 119 Å². The number of carbonyl (C=O) groups excluding carboxylic acids is 2. The SMILES string of the molecule is Cc1cc(C(=O)NC(C)C(=O)N2CCCCC2)n(C)n1. The minimum Gasteiger partial charge on any atom is -0.341 e. The first-order valence-electron chi connectivity index (χ1n) is 7.09. The van der Waals surface area contributed by atoms with E-state index in [4.69, 9.17) is 0 Å². The van der Waals surface area contributed by atoms with E-state index in [-0.39, 0.29) is 11.8 Å². The lowest BCUT2D eigenvalue weighted by atomic mass is 10.1. The Morgan fingerprint density at radius 3 is 2.50 bits per heavy atom. The highest BCUT2D eigenvalue weighted by Gasteiger charge is 2.24. The fourth-order valence-corrected chi connectivity index (χ4v) is 2.54. The minimum absolute atomic E-state index is 0.00283. The zero-order chi connectivity index (χ0) is 14.7. The molecule has 20 heavy (non-hydrogen) atoms. The molecule has 1 atom stereocenters. The highest BCUT2D eigenvalue weighted by atomic mass is 16.2. The Balaban J connectivity index is 1.96. The zero-order valence-corrected chi connectivity index (χ0v) is 12.3. The van der Waals surface area contributed by atoms with Crippen molar-refractivity contribution < 1.29 is 9.59 Å². The molecule has 0 aliphatic carbocycles. The van der Waals surface area contributed by atoms with E-state index in [0.717, 1.165) is 31.6 Å². The van der Waals surface area contributed by atoms with Gasteiger partial charge in [-0.3, -0.25) is 14.3 Å². The van der Waals surface area contributed by atoms with Gasteiger partial charge in [0.25, 0.3) is 5.91 Å². The minimum atomic E-state index is -0.504. The maximum atomic E-state index is 12.2. The van der Waals surface area contributed by atoms with Crippen LogP contribution in [0, 0.1) is 6.92 Å². The average Bonchev–Trinajstić information content (AvgIpc) is 2.78. The first-order chi connectivity index (χ1) is 9.49. The smallest absolute Gasteiger partial charge is 0.270 e. The van der Waals surface area contributed by atoms with E-state index in [1.165, 1.54) is 11.1 Å². The van der Waals surface area contributed by atoms with Gasteiger partial charge in [-0.05, 0) is 39.2 Å². The fourth-order valence-electron chi connectivity index (χ4n) is 2.54. The first-order valence-corrected chi connectivity index (χ1v) is 7.09. The molecule has 1 fully saturated rings. The molecule has 110 valence electrons. The number of hydrogen-bond donors (Lipinski definition) is 1. The summed E-state index contributed by atoms with van der Waals surface area (Å²) in [6, 6.07) is 1.21. The third-order valence-electron chi connectivity index (χ3n) is 3.62. The topological polar surface area (TPSA) is 67.2 Å². The fraction of sp³-hybridized carbons (Fsp3) is 0.643. The van der Waals surface area contributed by atoms with Gasteiger partial charge >= 0.3 is 0 Å². The second-order valence-corrected chi connectivity index (χ2v) is 5.38. The lowest BCUT2D eigenvalue weighted by Gasteiger charge is -2.29. The maximum Gasteiger partial charge on any atom is 0.270 e.